The third-order valence-electron chi connectivity index (χ3n) is 6.76. The molecule has 1 saturated heterocycles. The van der Waals surface area contributed by atoms with Gasteiger partial charge in [-0.25, -0.2) is 5.01 Å². The summed E-state index contributed by atoms with van der Waals surface area (Å²) in [5, 5.41) is 9.31. The van der Waals surface area contributed by atoms with Gasteiger partial charge in [-0.05, 0) is 31.4 Å². The first-order valence-electron chi connectivity index (χ1n) is 12.5. The lowest BCUT2D eigenvalue weighted by molar-refractivity contribution is -0.141. The summed E-state index contributed by atoms with van der Waals surface area (Å²) in [6.45, 7) is 5.71. The van der Waals surface area contributed by atoms with Crippen molar-refractivity contribution in [3.63, 3.8) is 0 Å². The van der Waals surface area contributed by atoms with Crippen LogP contribution in [-0.2, 0) is 27.4 Å². The predicted molar refractivity (Wildman–Crippen MR) is 147 cm³/mol. The number of hydrazone groups is 1. The van der Waals surface area contributed by atoms with Crippen LogP contribution in [0.25, 0.3) is 0 Å². The van der Waals surface area contributed by atoms with Crippen molar-refractivity contribution in [1.82, 2.24) is 15.2 Å². The van der Waals surface area contributed by atoms with Crippen molar-refractivity contribution in [3.8, 4) is 0 Å². The first-order chi connectivity index (χ1) is 17.2. The quantitative estimate of drug-likeness (QED) is 0.495. The highest BCUT2D eigenvalue weighted by molar-refractivity contribution is 6.13. The molecule has 200 valence electrons. The molecule has 8 nitrogen and oxygen atoms in total. The lowest BCUT2D eigenvalue weighted by Crippen LogP contribution is -2.60. The number of fused-ring (bicyclic) bond motifs is 1. The molecule has 2 aromatic carbocycles. The van der Waals surface area contributed by atoms with Crippen LogP contribution in [0.15, 0.2) is 65.8 Å². The van der Waals surface area contributed by atoms with E-state index in [1.54, 1.807) is 11.9 Å². The van der Waals surface area contributed by atoms with Gasteiger partial charge in [-0.2, -0.15) is 5.10 Å². The van der Waals surface area contributed by atoms with Gasteiger partial charge in [0.1, 0.15) is 11.5 Å². The van der Waals surface area contributed by atoms with Gasteiger partial charge in [-0.3, -0.25) is 9.59 Å². The van der Waals surface area contributed by atoms with Crippen molar-refractivity contribution in [2.45, 2.75) is 44.9 Å². The molecule has 0 aliphatic carbocycles. The Kier molecular flexibility index (Phi) is 9.47. The van der Waals surface area contributed by atoms with E-state index in [9.17, 15) is 9.59 Å². The summed E-state index contributed by atoms with van der Waals surface area (Å²) in [7, 11) is 1.69. The van der Waals surface area contributed by atoms with E-state index in [1.807, 2.05) is 74.5 Å². The van der Waals surface area contributed by atoms with E-state index in [1.165, 1.54) is 5.01 Å². The molecule has 4 rings (SSSR count). The molecule has 0 bridgehead atoms. The van der Waals surface area contributed by atoms with Crippen LogP contribution in [0.4, 0.5) is 0 Å². The number of hydrogen-bond acceptors (Lipinski definition) is 6. The molecule has 0 unspecified atom stereocenters. The Balaban J connectivity index is 0.00000380. The normalized spacial score (nSPS) is 20.2. The predicted octanol–water partition coefficient (Wildman–Crippen LogP) is 2.61. The molecule has 2 atom stereocenters. The van der Waals surface area contributed by atoms with Crippen molar-refractivity contribution < 1.29 is 14.3 Å². The van der Waals surface area contributed by atoms with Crippen LogP contribution in [0.2, 0.25) is 0 Å². The molecular formula is C28H38ClN5O3. The van der Waals surface area contributed by atoms with Crippen molar-refractivity contribution >= 4 is 29.9 Å². The van der Waals surface area contributed by atoms with E-state index in [0.717, 1.165) is 16.8 Å². The average molecular weight is 528 g/mol. The largest absolute Gasteiger partial charge is 0.375 e. The Hall–Kier alpha value is -2.78. The van der Waals surface area contributed by atoms with Gasteiger partial charge in [0, 0.05) is 38.6 Å². The number of hydrogen-bond donors (Lipinski definition) is 2. The summed E-state index contributed by atoms with van der Waals surface area (Å²) in [5.74, 6) is -0.145. The maximum atomic E-state index is 13.8. The molecule has 2 aliphatic rings. The van der Waals surface area contributed by atoms with Crippen LogP contribution >= 0.6 is 12.4 Å². The lowest BCUT2D eigenvalue weighted by Gasteiger charge is -2.41. The van der Waals surface area contributed by atoms with Crippen molar-refractivity contribution in [2.24, 2.45) is 16.3 Å². The Labute approximate surface area is 225 Å². The van der Waals surface area contributed by atoms with Gasteiger partial charge in [-0.1, -0.05) is 60.7 Å². The fourth-order valence-corrected chi connectivity index (χ4v) is 4.91. The number of nitrogens with one attached hydrogen (secondary N) is 1. The maximum Gasteiger partial charge on any atom is 0.256 e. The summed E-state index contributed by atoms with van der Waals surface area (Å²) in [6.07, 6.45) is 1.08. The molecule has 2 aromatic rings. The fourth-order valence-electron chi connectivity index (χ4n) is 4.91. The van der Waals surface area contributed by atoms with E-state index < -0.39 is 17.0 Å². The SMILES string of the molecule is CN1N=C2CCN(C(=O)[C@@H](COCc3ccccc3)NCC(C)(C)N)C[C@]2(Cc2ccccc2)C1=O.Cl. The van der Waals surface area contributed by atoms with Crippen molar-refractivity contribution in [2.75, 3.05) is 33.3 Å². The van der Waals surface area contributed by atoms with E-state index >= 15 is 0 Å². The number of amides is 2. The number of nitrogens with two attached hydrogens (primary N) is 1. The number of carbonyl (C=O) groups excluding carboxylic acids is 2. The van der Waals surface area contributed by atoms with Gasteiger partial charge < -0.3 is 20.7 Å². The number of rotatable bonds is 10. The Morgan fingerprint density at radius 3 is 2.38 bits per heavy atom. The number of piperidine rings is 1. The molecule has 0 aromatic heterocycles. The third kappa shape index (κ3) is 6.96. The Morgan fingerprint density at radius 2 is 1.76 bits per heavy atom. The van der Waals surface area contributed by atoms with E-state index in [2.05, 4.69) is 10.4 Å². The summed E-state index contributed by atoms with van der Waals surface area (Å²) in [4.78, 5) is 29.0. The van der Waals surface area contributed by atoms with Crippen LogP contribution in [0, 0.1) is 5.41 Å². The van der Waals surface area contributed by atoms with Gasteiger partial charge in [0.05, 0.1) is 18.9 Å². The smallest absolute Gasteiger partial charge is 0.256 e. The molecule has 37 heavy (non-hydrogen) atoms. The Bertz CT molecular complexity index is 1090. The molecule has 2 heterocycles. The zero-order chi connectivity index (χ0) is 25.8. The van der Waals surface area contributed by atoms with Crippen LogP contribution in [0.3, 0.4) is 0 Å². The molecule has 1 fully saturated rings. The van der Waals surface area contributed by atoms with Gasteiger partial charge in [0.25, 0.3) is 5.91 Å². The van der Waals surface area contributed by atoms with Crippen LogP contribution in [0.1, 0.15) is 31.4 Å². The molecule has 2 aliphatic heterocycles. The molecule has 0 saturated carbocycles. The second-order valence-electron chi connectivity index (χ2n) is 10.6. The number of carbonyl (C=O) groups is 2. The van der Waals surface area contributed by atoms with E-state index in [-0.39, 0.29) is 30.8 Å². The number of nitrogens with zero attached hydrogens (tertiary/aromatic N) is 3. The monoisotopic (exact) mass is 527 g/mol. The molecule has 0 spiro atoms. The van der Waals surface area contributed by atoms with E-state index in [4.69, 9.17) is 10.5 Å². The van der Waals surface area contributed by atoms with Crippen LogP contribution in [0.5, 0.6) is 0 Å². The number of likely N-dealkylation sites (tertiary alicyclic amines) is 1. The molecule has 3 N–H and O–H groups in total. The maximum absolute atomic E-state index is 13.8. The minimum Gasteiger partial charge on any atom is -0.375 e. The summed E-state index contributed by atoms with van der Waals surface area (Å²) in [5.41, 5.74) is 7.82. The van der Waals surface area contributed by atoms with Gasteiger partial charge in [0.2, 0.25) is 5.91 Å². The lowest BCUT2D eigenvalue weighted by atomic mass is 9.73. The van der Waals surface area contributed by atoms with Gasteiger partial charge >= 0.3 is 0 Å². The molecule has 0 radical (unpaired) electrons. The first-order valence-corrected chi connectivity index (χ1v) is 12.5. The standard InChI is InChI=1S/C28H37N5O3.ClH/c1-27(2,29)19-30-23(18-36-17-22-12-8-5-9-13-22)25(34)33-15-14-24-28(20-33,26(35)32(3)31-24)16-21-10-6-4-7-11-21;/h4-13,23,30H,14-20,29H2,1-3H3;1H/t23-,28+;/m1./s1. The second kappa shape index (κ2) is 12.2. The number of halogens is 1. The van der Waals surface area contributed by atoms with Crippen molar-refractivity contribution in [1.29, 1.82) is 0 Å². The van der Waals surface area contributed by atoms with Crippen molar-refractivity contribution in [3.05, 3.63) is 71.8 Å². The zero-order valence-corrected chi connectivity index (χ0v) is 22.7. The highest BCUT2D eigenvalue weighted by Gasteiger charge is 2.53. The minimum atomic E-state index is -0.841. The zero-order valence-electron chi connectivity index (χ0n) is 21.9. The summed E-state index contributed by atoms with van der Waals surface area (Å²) in [6, 6.07) is 19.2. The first kappa shape index (κ1) is 28.8. The summed E-state index contributed by atoms with van der Waals surface area (Å²) >= 11 is 0. The summed E-state index contributed by atoms with van der Waals surface area (Å²) < 4.78 is 5.95. The third-order valence-corrected chi connectivity index (χ3v) is 6.76. The van der Waals surface area contributed by atoms with Crippen LogP contribution < -0.4 is 11.1 Å². The Morgan fingerprint density at radius 1 is 1.14 bits per heavy atom. The van der Waals surface area contributed by atoms with Gasteiger partial charge in [0.15, 0.2) is 0 Å². The molecule has 2 amide bonds. The number of ether oxygens (including phenoxy) is 1. The highest BCUT2D eigenvalue weighted by Crippen LogP contribution is 2.38. The van der Waals surface area contributed by atoms with Crippen LogP contribution in [-0.4, -0.2) is 72.3 Å². The minimum absolute atomic E-state index is 0. The number of benzene rings is 2. The molecular weight excluding hydrogens is 490 g/mol. The van der Waals surface area contributed by atoms with Gasteiger partial charge in [-0.15, -0.1) is 12.4 Å². The highest BCUT2D eigenvalue weighted by atomic mass is 35.5. The average Bonchev–Trinajstić information content (AvgIpc) is 3.10. The molecule has 9 heteroatoms. The van der Waals surface area contributed by atoms with E-state index in [0.29, 0.717) is 39.1 Å². The second-order valence-corrected chi connectivity index (χ2v) is 10.6. The topological polar surface area (TPSA) is 100 Å². The fraction of sp³-hybridized carbons (Fsp3) is 0.464.